The molecule has 112 valence electrons. The van der Waals surface area contributed by atoms with Crippen molar-refractivity contribution in [3.8, 4) is 0 Å². The van der Waals surface area contributed by atoms with Gasteiger partial charge in [0, 0.05) is 35.0 Å². The molecule has 2 rings (SSSR count). The normalized spacial score (nSPS) is 12.3. The Bertz CT molecular complexity index is 540. The molecule has 0 aliphatic carbocycles. The maximum Gasteiger partial charge on any atom is 0.123 e. The third-order valence-electron chi connectivity index (χ3n) is 3.42. The van der Waals surface area contributed by atoms with Gasteiger partial charge in [-0.2, -0.15) is 0 Å². The van der Waals surface area contributed by atoms with E-state index < -0.39 is 0 Å². The summed E-state index contributed by atoms with van der Waals surface area (Å²) in [7, 11) is 1.97. The zero-order valence-electron chi connectivity index (χ0n) is 12.5. The van der Waals surface area contributed by atoms with Crippen LogP contribution in [0.3, 0.4) is 0 Å². The first-order valence-electron chi connectivity index (χ1n) is 7.20. The number of benzene rings is 1. The number of halogens is 1. The van der Waals surface area contributed by atoms with E-state index in [1.165, 1.54) is 17.7 Å². The third kappa shape index (κ3) is 5.14. The van der Waals surface area contributed by atoms with Crippen molar-refractivity contribution in [2.24, 2.45) is 0 Å². The van der Waals surface area contributed by atoms with Crippen LogP contribution in [0.4, 0.5) is 4.39 Å². The Kier molecular flexibility index (Phi) is 6.21. The zero-order valence-corrected chi connectivity index (χ0v) is 13.3. The van der Waals surface area contributed by atoms with Crippen molar-refractivity contribution in [2.45, 2.75) is 30.7 Å². The molecule has 0 amide bonds. The summed E-state index contributed by atoms with van der Waals surface area (Å²) >= 11 is 1.73. The molecule has 0 radical (unpaired) electrons. The van der Waals surface area contributed by atoms with Gasteiger partial charge in [0.15, 0.2) is 0 Å². The number of aryl methyl sites for hydroxylation is 1. The van der Waals surface area contributed by atoms with Crippen molar-refractivity contribution in [2.75, 3.05) is 12.8 Å². The van der Waals surface area contributed by atoms with Gasteiger partial charge >= 0.3 is 0 Å². The van der Waals surface area contributed by atoms with Gasteiger partial charge in [0.05, 0.1) is 0 Å². The Hall–Kier alpha value is -1.39. The van der Waals surface area contributed by atoms with E-state index in [-0.39, 0.29) is 5.82 Å². The van der Waals surface area contributed by atoms with Gasteiger partial charge in [0.25, 0.3) is 0 Å². The molecule has 4 heteroatoms. The van der Waals surface area contributed by atoms with Crippen LogP contribution in [-0.4, -0.2) is 23.8 Å². The highest BCUT2D eigenvalue weighted by molar-refractivity contribution is 7.99. The van der Waals surface area contributed by atoms with Crippen LogP contribution in [0.25, 0.3) is 0 Å². The largest absolute Gasteiger partial charge is 0.316 e. The van der Waals surface area contributed by atoms with Crippen LogP contribution in [0, 0.1) is 5.82 Å². The summed E-state index contributed by atoms with van der Waals surface area (Å²) in [6.45, 7) is 2.13. The molecule has 1 heterocycles. The number of rotatable bonds is 7. The second kappa shape index (κ2) is 8.15. The number of pyridine rings is 1. The molecule has 0 saturated heterocycles. The van der Waals surface area contributed by atoms with Gasteiger partial charge in [0.2, 0.25) is 0 Å². The van der Waals surface area contributed by atoms with Gasteiger partial charge in [-0.05, 0) is 49.4 Å². The number of aromatic nitrogens is 1. The standard InChI is InChI=1S/C17H21FN2S/c1-3-13-4-7-15(20-11-13)10-16(19-2)12-21-17-8-5-14(18)6-9-17/h4-9,11,16,19H,3,10,12H2,1-2H3. The van der Waals surface area contributed by atoms with Crippen molar-refractivity contribution in [3.05, 3.63) is 59.7 Å². The van der Waals surface area contributed by atoms with E-state index in [4.69, 9.17) is 0 Å². The van der Waals surface area contributed by atoms with Crippen molar-refractivity contribution < 1.29 is 4.39 Å². The van der Waals surface area contributed by atoms with E-state index in [2.05, 4.69) is 29.4 Å². The molecule has 1 atom stereocenters. The number of likely N-dealkylation sites (N-methyl/N-ethyl adjacent to an activating group) is 1. The molecular formula is C17H21FN2S. The van der Waals surface area contributed by atoms with Crippen LogP contribution in [0.1, 0.15) is 18.2 Å². The van der Waals surface area contributed by atoms with Crippen LogP contribution in [0.5, 0.6) is 0 Å². The minimum absolute atomic E-state index is 0.190. The highest BCUT2D eigenvalue weighted by Crippen LogP contribution is 2.20. The van der Waals surface area contributed by atoms with E-state index in [0.29, 0.717) is 6.04 Å². The highest BCUT2D eigenvalue weighted by atomic mass is 32.2. The molecule has 1 aromatic heterocycles. The van der Waals surface area contributed by atoms with Gasteiger partial charge in [-0.25, -0.2) is 4.39 Å². The fraction of sp³-hybridized carbons (Fsp3) is 0.353. The number of thioether (sulfide) groups is 1. The lowest BCUT2D eigenvalue weighted by Crippen LogP contribution is -2.30. The van der Waals surface area contributed by atoms with Crippen LogP contribution < -0.4 is 5.32 Å². The first-order chi connectivity index (χ1) is 10.2. The molecule has 21 heavy (non-hydrogen) atoms. The summed E-state index contributed by atoms with van der Waals surface area (Å²) in [5, 5.41) is 3.33. The highest BCUT2D eigenvalue weighted by Gasteiger charge is 2.09. The minimum Gasteiger partial charge on any atom is -0.316 e. The molecule has 1 N–H and O–H groups in total. The molecule has 0 aliphatic rings. The lowest BCUT2D eigenvalue weighted by atomic mass is 10.1. The number of nitrogens with zero attached hydrogens (tertiary/aromatic N) is 1. The molecule has 0 spiro atoms. The summed E-state index contributed by atoms with van der Waals surface area (Å²) in [6.07, 6.45) is 3.87. The first-order valence-corrected chi connectivity index (χ1v) is 8.19. The van der Waals surface area contributed by atoms with Crippen molar-refractivity contribution >= 4 is 11.8 Å². The Labute approximate surface area is 130 Å². The van der Waals surface area contributed by atoms with Gasteiger partial charge in [-0.15, -0.1) is 11.8 Å². The van der Waals surface area contributed by atoms with Gasteiger partial charge < -0.3 is 5.32 Å². The maximum absolute atomic E-state index is 12.9. The second-order valence-electron chi connectivity index (χ2n) is 4.97. The van der Waals surface area contributed by atoms with Crippen LogP contribution in [0.2, 0.25) is 0 Å². The average molecular weight is 304 g/mol. The summed E-state index contributed by atoms with van der Waals surface area (Å²) in [6, 6.07) is 11.2. The molecule has 1 aromatic carbocycles. The lowest BCUT2D eigenvalue weighted by Gasteiger charge is -2.15. The predicted octanol–water partition coefficient (Wildman–Crippen LogP) is 3.71. The Morgan fingerprint density at radius 1 is 1.19 bits per heavy atom. The lowest BCUT2D eigenvalue weighted by molar-refractivity contribution is 0.608. The van der Waals surface area contributed by atoms with Crippen LogP contribution >= 0.6 is 11.8 Å². The Balaban J connectivity index is 1.88. The van der Waals surface area contributed by atoms with E-state index in [1.807, 2.05) is 25.4 Å². The van der Waals surface area contributed by atoms with Gasteiger partial charge in [-0.3, -0.25) is 4.98 Å². The van der Waals surface area contributed by atoms with Crippen LogP contribution in [0.15, 0.2) is 47.5 Å². The van der Waals surface area contributed by atoms with Crippen molar-refractivity contribution in [1.82, 2.24) is 10.3 Å². The summed E-state index contributed by atoms with van der Waals surface area (Å²) < 4.78 is 12.9. The van der Waals surface area contributed by atoms with E-state index >= 15 is 0 Å². The molecule has 0 aliphatic heterocycles. The first kappa shape index (κ1) is 16.0. The van der Waals surface area contributed by atoms with Crippen molar-refractivity contribution in [1.29, 1.82) is 0 Å². The predicted molar refractivity (Wildman–Crippen MR) is 87.3 cm³/mol. The topological polar surface area (TPSA) is 24.9 Å². The average Bonchev–Trinajstić information content (AvgIpc) is 2.53. The third-order valence-corrected chi connectivity index (χ3v) is 4.60. The monoisotopic (exact) mass is 304 g/mol. The maximum atomic E-state index is 12.9. The van der Waals surface area contributed by atoms with Gasteiger partial charge in [-0.1, -0.05) is 13.0 Å². The Morgan fingerprint density at radius 3 is 2.52 bits per heavy atom. The molecular weight excluding hydrogens is 283 g/mol. The zero-order chi connectivity index (χ0) is 15.1. The number of nitrogens with one attached hydrogen (secondary N) is 1. The number of hydrogen-bond donors (Lipinski definition) is 1. The molecule has 1 unspecified atom stereocenters. The fourth-order valence-electron chi connectivity index (χ4n) is 2.01. The quantitative estimate of drug-likeness (QED) is 0.789. The fourth-order valence-corrected chi connectivity index (χ4v) is 3.02. The summed E-state index contributed by atoms with van der Waals surface area (Å²) in [5.74, 6) is 0.740. The Morgan fingerprint density at radius 2 is 1.95 bits per heavy atom. The van der Waals surface area contributed by atoms with Gasteiger partial charge in [0.1, 0.15) is 5.82 Å². The number of hydrogen-bond acceptors (Lipinski definition) is 3. The SMILES string of the molecule is CCc1ccc(CC(CSc2ccc(F)cc2)NC)nc1. The molecule has 2 aromatic rings. The van der Waals surface area contributed by atoms with Crippen LogP contribution in [-0.2, 0) is 12.8 Å². The molecule has 2 nitrogen and oxygen atoms in total. The second-order valence-corrected chi connectivity index (χ2v) is 6.06. The van der Waals surface area contributed by atoms with E-state index in [0.717, 1.165) is 29.2 Å². The smallest absolute Gasteiger partial charge is 0.123 e. The summed E-state index contributed by atoms with van der Waals surface area (Å²) in [5.41, 5.74) is 2.37. The van der Waals surface area contributed by atoms with E-state index in [1.54, 1.807) is 11.8 Å². The molecule has 0 saturated carbocycles. The van der Waals surface area contributed by atoms with E-state index in [9.17, 15) is 4.39 Å². The van der Waals surface area contributed by atoms with Crippen molar-refractivity contribution in [3.63, 3.8) is 0 Å². The molecule has 0 bridgehead atoms. The molecule has 0 fully saturated rings. The minimum atomic E-state index is -0.190. The summed E-state index contributed by atoms with van der Waals surface area (Å²) in [4.78, 5) is 5.59.